The molecule has 3 rings (SSSR count). The molecule has 114 valence electrons. The van der Waals surface area contributed by atoms with Crippen LogP contribution in [0, 0.1) is 11.7 Å². The molecule has 4 nitrogen and oxygen atoms in total. The number of carbonyl (C=O) groups is 1. The van der Waals surface area contributed by atoms with Crippen LogP contribution in [0.4, 0.5) is 10.1 Å². The quantitative estimate of drug-likeness (QED) is 0.922. The summed E-state index contributed by atoms with van der Waals surface area (Å²) in [6, 6.07) is 4.65. The number of nitrogens with zero attached hydrogens (tertiary/aromatic N) is 2. The molecule has 1 aliphatic carbocycles. The number of para-hydroxylation sites is 1. The van der Waals surface area contributed by atoms with E-state index in [1.807, 2.05) is 4.90 Å². The third-order valence-electron chi connectivity index (χ3n) is 4.37. The summed E-state index contributed by atoms with van der Waals surface area (Å²) < 4.78 is 13.7. The minimum atomic E-state index is -0.379. The smallest absolute Gasteiger partial charge is 0.256 e. The Morgan fingerprint density at radius 1 is 1.29 bits per heavy atom. The molecular formula is C16H22FN3O. The number of halogens is 1. The van der Waals surface area contributed by atoms with E-state index in [-0.39, 0.29) is 11.7 Å². The maximum atomic E-state index is 13.7. The van der Waals surface area contributed by atoms with Crippen molar-refractivity contribution < 1.29 is 9.18 Å². The first kappa shape index (κ1) is 14.3. The van der Waals surface area contributed by atoms with Crippen LogP contribution in [0.1, 0.15) is 23.2 Å². The maximum absolute atomic E-state index is 13.7. The predicted molar refractivity (Wildman–Crippen MR) is 81.0 cm³/mol. The van der Waals surface area contributed by atoms with Gasteiger partial charge in [0.2, 0.25) is 0 Å². The molecule has 1 aliphatic heterocycles. The van der Waals surface area contributed by atoms with E-state index in [0.29, 0.717) is 11.3 Å². The van der Waals surface area contributed by atoms with Crippen LogP contribution in [0.5, 0.6) is 0 Å². The van der Waals surface area contributed by atoms with E-state index < -0.39 is 0 Å². The van der Waals surface area contributed by atoms with Crippen molar-refractivity contribution in [1.29, 1.82) is 0 Å². The van der Waals surface area contributed by atoms with E-state index in [0.717, 1.165) is 32.1 Å². The summed E-state index contributed by atoms with van der Waals surface area (Å²) in [6.07, 6.45) is 2.71. The topological polar surface area (TPSA) is 35.6 Å². The molecular weight excluding hydrogens is 269 g/mol. The first-order valence-corrected chi connectivity index (χ1v) is 7.67. The van der Waals surface area contributed by atoms with Gasteiger partial charge in [-0.25, -0.2) is 4.39 Å². The molecule has 0 bridgehead atoms. The summed E-state index contributed by atoms with van der Waals surface area (Å²) in [4.78, 5) is 16.8. The third-order valence-corrected chi connectivity index (χ3v) is 4.37. The van der Waals surface area contributed by atoms with Gasteiger partial charge in [-0.1, -0.05) is 6.07 Å². The van der Waals surface area contributed by atoms with E-state index >= 15 is 0 Å². The molecule has 1 aromatic carbocycles. The van der Waals surface area contributed by atoms with E-state index in [1.54, 1.807) is 19.2 Å². The van der Waals surface area contributed by atoms with Gasteiger partial charge in [0.05, 0.1) is 11.3 Å². The lowest BCUT2D eigenvalue weighted by Gasteiger charge is -2.35. The van der Waals surface area contributed by atoms with E-state index in [9.17, 15) is 9.18 Å². The zero-order chi connectivity index (χ0) is 14.8. The van der Waals surface area contributed by atoms with Crippen molar-refractivity contribution >= 4 is 11.6 Å². The van der Waals surface area contributed by atoms with Crippen molar-refractivity contribution in [3.05, 3.63) is 29.6 Å². The summed E-state index contributed by atoms with van der Waals surface area (Å²) in [6.45, 7) is 4.47. The molecule has 1 amide bonds. The molecule has 0 aromatic heterocycles. The maximum Gasteiger partial charge on any atom is 0.256 e. The molecule has 0 unspecified atom stereocenters. The second-order valence-electron chi connectivity index (χ2n) is 5.95. The highest BCUT2D eigenvalue weighted by atomic mass is 19.1. The highest BCUT2D eigenvalue weighted by molar-refractivity contribution is 5.99. The number of hydrogen-bond donors (Lipinski definition) is 1. The number of benzene rings is 1. The molecule has 1 heterocycles. The van der Waals surface area contributed by atoms with Crippen LogP contribution in [0.2, 0.25) is 0 Å². The minimum absolute atomic E-state index is 0.0788. The Morgan fingerprint density at radius 3 is 2.62 bits per heavy atom. The van der Waals surface area contributed by atoms with Crippen LogP contribution in [0.3, 0.4) is 0 Å². The first-order valence-electron chi connectivity index (χ1n) is 7.67. The summed E-state index contributed by atoms with van der Waals surface area (Å²) in [5, 5.41) is 2.79. The average molecular weight is 291 g/mol. The fraction of sp³-hybridized carbons (Fsp3) is 0.562. The SMILES string of the molecule is CNc1c(F)cccc1C(=O)N1CCN(CC2CC2)CC1. The monoisotopic (exact) mass is 291 g/mol. The number of carbonyl (C=O) groups excluding carboxylic acids is 1. The number of rotatable bonds is 4. The van der Waals surface area contributed by atoms with Gasteiger partial charge < -0.3 is 10.2 Å². The highest BCUT2D eigenvalue weighted by Gasteiger charge is 2.28. The second-order valence-corrected chi connectivity index (χ2v) is 5.95. The van der Waals surface area contributed by atoms with Gasteiger partial charge in [0.1, 0.15) is 5.82 Å². The number of piperazine rings is 1. The molecule has 1 N–H and O–H groups in total. The number of hydrogen-bond acceptors (Lipinski definition) is 3. The van der Waals surface area contributed by atoms with Gasteiger partial charge >= 0.3 is 0 Å². The summed E-state index contributed by atoms with van der Waals surface area (Å²) in [5.74, 6) is 0.423. The van der Waals surface area contributed by atoms with Gasteiger partial charge in [0, 0.05) is 39.8 Å². The molecule has 1 saturated heterocycles. The number of nitrogens with one attached hydrogen (secondary N) is 1. The van der Waals surface area contributed by atoms with Gasteiger partial charge in [-0.15, -0.1) is 0 Å². The average Bonchev–Trinajstić information content (AvgIpc) is 3.31. The first-order chi connectivity index (χ1) is 10.2. The lowest BCUT2D eigenvalue weighted by molar-refractivity contribution is 0.0632. The Morgan fingerprint density at radius 2 is 2.00 bits per heavy atom. The van der Waals surface area contributed by atoms with Gasteiger partial charge in [0.25, 0.3) is 5.91 Å². The van der Waals surface area contributed by atoms with Crippen molar-refractivity contribution in [2.45, 2.75) is 12.8 Å². The van der Waals surface area contributed by atoms with Crippen LogP contribution in [-0.2, 0) is 0 Å². The van der Waals surface area contributed by atoms with Crippen molar-refractivity contribution in [2.24, 2.45) is 5.92 Å². The Labute approximate surface area is 124 Å². The predicted octanol–water partition coefficient (Wildman–Crippen LogP) is 2.04. The van der Waals surface area contributed by atoms with Crippen LogP contribution in [0.25, 0.3) is 0 Å². The lowest BCUT2D eigenvalue weighted by atomic mass is 10.1. The fourth-order valence-electron chi connectivity index (χ4n) is 2.93. The zero-order valence-corrected chi connectivity index (χ0v) is 12.4. The third kappa shape index (κ3) is 3.18. The fourth-order valence-corrected chi connectivity index (χ4v) is 2.93. The van der Waals surface area contributed by atoms with Gasteiger partial charge in [0.15, 0.2) is 0 Å². The molecule has 2 fully saturated rings. The van der Waals surface area contributed by atoms with Crippen LogP contribution >= 0.6 is 0 Å². The molecule has 5 heteroatoms. The molecule has 1 aromatic rings. The lowest BCUT2D eigenvalue weighted by Crippen LogP contribution is -2.49. The van der Waals surface area contributed by atoms with E-state index in [1.165, 1.54) is 25.5 Å². The Kier molecular flexibility index (Phi) is 4.10. The van der Waals surface area contributed by atoms with Gasteiger partial charge in [-0.05, 0) is 30.9 Å². The molecule has 21 heavy (non-hydrogen) atoms. The molecule has 2 aliphatic rings. The standard InChI is InChI=1S/C16H22FN3O/c1-18-15-13(3-2-4-14(15)17)16(21)20-9-7-19(8-10-20)11-12-5-6-12/h2-4,12,18H,5-11H2,1H3. The number of anilines is 1. The Bertz CT molecular complexity index is 522. The highest BCUT2D eigenvalue weighted by Crippen LogP contribution is 2.30. The number of amides is 1. The molecule has 0 atom stereocenters. The molecule has 0 radical (unpaired) electrons. The van der Waals surface area contributed by atoms with Crippen LogP contribution in [-0.4, -0.2) is 55.5 Å². The van der Waals surface area contributed by atoms with Gasteiger partial charge in [-0.2, -0.15) is 0 Å². The minimum Gasteiger partial charge on any atom is -0.385 e. The Balaban J connectivity index is 1.64. The second kappa shape index (κ2) is 6.02. The van der Waals surface area contributed by atoms with Crippen molar-refractivity contribution in [1.82, 2.24) is 9.80 Å². The summed E-state index contributed by atoms with van der Waals surface area (Å²) in [7, 11) is 1.64. The van der Waals surface area contributed by atoms with Gasteiger partial charge in [-0.3, -0.25) is 9.69 Å². The van der Waals surface area contributed by atoms with Crippen molar-refractivity contribution in [3.8, 4) is 0 Å². The van der Waals surface area contributed by atoms with Crippen LogP contribution < -0.4 is 5.32 Å². The molecule has 1 saturated carbocycles. The summed E-state index contributed by atoms with van der Waals surface area (Å²) >= 11 is 0. The molecule has 0 spiro atoms. The van der Waals surface area contributed by atoms with E-state index in [4.69, 9.17) is 0 Å². The van der Waals surface area contributed by atoms with Crippen LogP contribution in [0.15, 0.2) is 18.2 Å². The van der Waals surface area contributed by atoms with Crippen molar-refractivity contribution in [2.75, 3.05) is 45.1 Å². The Hall–Kier alpha value is -1.62. The largest absolute Gasteiger partial charge is 0.385 e. The normalized spacial score (nSPS) is 19.6. The summed E-state index contributed by atoms with van der Waals surface area (Å²) in [5.41, 5.74) is 0.719. The van der Waals surface area contributed by atoms with E-state index in [2.05, 4.69) is 10.2 Å². The van der Waals surface area contributed by atoms with Crippen molar-refractivity contribution in [3.63, 3.8) is 0 Å². The zero-order valence-electron chi connectivity index (χ0n) is 12.4.